The van der Waals surface area contributed by atoms with Gasteiger partial charge in [-0.3, -0.25) is 19.7 Å². The van der Waals surface area contributed by atoms with Crippen LogP contribution in [-0.2, 0) is 16.6 Å². The number of nitrogens with one attached hydrogen (secondary N) is 3. The summed E-state index contributed by atoms with van der Waals surface area (Å²) in [4.78, 5) is 28.6. The highest BCUT2D eigenvalue weighted by Crippen LogP contribution is 2.33. The summed E-state index contributed by atoms with van der Waals surface area (Å²) in [5, 5.41) is 20.4. The summed E-state index contributed by atoms with van der Waals surface area (Å²) >= 11 is 8.11. The summed E-state index contributed by atoms with van der Waals surface area (Å²) in [5.41, 5.74) is 5.02. The summed E-state index contributed by atoms with van der Waals surface area (Å²) in [6, 6.07) is 36.0. The first-order chi connectivity index (χ1) is 29.7. The predicted octanol–water partition coefficient (Wildman–Crippen LogP) is 7.85. The molecule has 0 bridgehead atoms. The second kappa shape index (κ2) is 19.6. The maximum atomic E-state index is 13.8. The minimum Gasteiger partial charge on any atom is -0.376 e. The number of hydrogen-bond donors (Lipinski definition) is 3. The number of nitrogens with zero attached hydrogens (tertiary/aromatic N) is 6. The van der Waals surface area contributed by atoms with Crippen LogP contribution in [0.15, 0.2) is 131 Å². The van der Waals surface area contributed by atoms with E-state index in [4.69, 9.17) is 11.6 Å². The van der Waals surface area contributed by atoms with Crippen molar-refractivity contribution in [2.45, 2.75) is 28.8 Å². The Hall–Kier alpha value is -5.29. The van der Waals surface area contributed by atoms with E-state index in [-0.39, 0.29) is 28.1 Å². The molecule has 1 aromatic heterocycles. The standard InChI is InChI=1S/C45H48ClN9O4S2/c46-35-11-14-40(33-7-3-1-4-8-33)34(27-35)30-53-23-25-54(26-24-53)37-12-15-41-43(28-37)48-32-49-45(41)51-61(58,59)39-13-16-42(44(29-39)55(56)57)50-36(17-20-52-21-18-47-19-22-52)31-60-38-9-5-2-6-10-38/h1-16,27-29,32,36,47,50H,17-26,30-31H2,(H,48,49,51). The smallest absolute Gasteiger partial charge is 0.293 e. The second-order valence-corrected chi connectivity index (χ2v) is 18.5. The maximum absolute atomic E-state index is 13.8. The molecule has 0 spiro atoms. The Labute approximate surface area is 365 Å². The van der Waals surface area contributed by atoms with Gasteiger partial charge in [-0.2, -0.15) is 0 Å². The lowest BCUT2D eigenvalue weighted by molar-refractivity contribution is -0.384. The molecule has 316 valence electrons. The van der Waals surface area contributed by atoms with Crippen LogP contribution in [0.3, 0.4) is 0 Å². The SMILES string of the molecule is O=[N+]([O-])c1cc(S(=O)(=O)Nc2ncnc3cc(N4CCN(Cc5cc(Cl)ccc5-c5ccccc5)CC4)ccc23)ccc1NC(CCN1CCNCC1)CSc1ccccc1. The van der Waals surface area contributed by atoms with Crippen molar-refractivity contribution in [2.24, 2.45) is 0 Å². The monoisotopic (exact) mass is 877 g/mol. The number of rotatable bonds is 16. The molecule has 0 radical (unpaired) electrons. The molecule has 13 nitrogen and oxygen atoms in total. The van der Waals surface area contributed by atoms with Crippen LogP contribution in [0, 0.1) is 10.1 Å². The largest absolute Gasteiger partial charge is 0.376 e. The van der Waals surface area contributed by atoms with Gasteiger partial charge < -0.3 is 20.4 Å². The van der Waals surface area contributed by atoms with E-state index >= 15 is 0 Å². The molecule has 16 heteroatoms. The molecule has 2 aliphatic heterocycles. The maximum Gasteiger partial charge on any atom is 0.293 e. The van der Waals surface area contributed by atoms with Gasteiger partial charge in [0.2, 0.25) is 0 Å². The third-order valence-corrected chi connectivity index (χ3v) is 13.9. The van der Waals surface area contributed by atoms with Crippen molar-refractivity contribution in [3.05, 3.63) is 142 Å². The molecular weight excluding hydrogens is 830 g/mol. The third-order valence-electron chi connectivity index (χ3n) is 11.2. The normalized spacial score (nSPS) is 15.7. The number of nitro groups is 1. The van der Waals surface area contributed by atoms with Gasteiger partial charge in [-0.15, -0.1) is 11.8 Å². The van der Waals surface area contributed by atoms with Gasteiger partial charge in [0.25, 0.3) is 15.7 Å². The zero-order chi connectivity index (χ0) is 42.2. The summed E-state index contributed by atoms with van der Waals surface area (Å²) in [5.74, 6) is 0.765. The van der Waals surface area contributed by atoms with Crippen LogP contribution in [0.25, 0.3) is 22.0 Å². The second-order valence-electron chi connectivity index (χ2n) is 15.2. The van der Waals surface area contributed by atoms with E-state index < -0.39 is 14.9 Å². The Morgan fingerprint density at radius 3 is 2.34 bits per heavy atom. The van der Waals surface area contributed by atoms with Gasteiger partial charge >= 0.3 is 0 Å². The first-order valence-corrected chi connectivity index (χ1v) is 23.3. The van der Waals surface area contributed by atoms with Crippen molar-refractivity contribution in [1.29, 1.82) is 0 Å². The molecule has 5 aromatic carbocycles. The molecule has 1 atom stereocenters. The molecule has 2 aliphatic rings. The molecule has 0 amide bonds. The van der Waals surface area contributed by atoms with Crippen LogP contribution in [0.1, 0.15) is 12.0 Å². The molecule has 1 unspecified atom stereocenters. The quantitative estimate of drug-likeness (QED) is 0.0494. The first kappa shape index (κ1) is 42.4. The highest BCUT2D eigenvalue weighted by atomic mass is 35.5. The Morgan fingerprint density at radius 2 is 1.59 bits per heavy atom. The van der Waals surface area contributed by atoms with E-state index in [0.29, 0.717) is 16.7 Å². The van der Waals surface area contributed by atoms with E-state index in [0.717, 1.165) is 99.1 Å². The van der Waals surface area contributed by atoms with Crippen LogP contribution < -0.4 is 20.3 Å². The molecule has 2 saturated heterocycles. The lowest BCUT2D eigenvalue weighted by Crippen LogP contribution is -2.46. The van der Waals surface area contributed by atoms with E-state index in [2.05, 4.69) is 64.3 Å². The van der Waals surface area contributed by atoms with Crippen molar-refractivity contribution in [2.75, 3.05) is 79.6 Å². The number of piperazine rings is 2. The third kappa shape index (κ3) is 10.8. The van der Waals surface area contributed by atoms with Crippen molar-refractivity contribution < 1.29 is 13.3 Å². The topological polar surface area (TPSA) is 149 Å². The van der Waals surface area contributed by atoms with Crippen molar-refractivity contribution >= 4 is 67.2 Å². The van der Waals surface area contributed by atoms with Crippen LogP contribution in [-0.4, -0.2) is 104 Å². The number of thioether (sulfide) groups is 1. The fraction of sp³-hybridized carbons (Fsp3) is 0.289. The lowest BCUT2D eigenvalue weighted by Gasteiger charge is -2.36. The molecule has 6 aromatic rings. The highest BCUT2D eigenvalue weighted by Gasteiger charge is 2.26. The molecule has 0 saturated carbocycles. The average Bonchev–Trinajstić information content (AvgIpc) is 3.28. The predicted molar refractivity (Wildman–Crippen MR) is 246 cm³/mol. The Bertz CT molecular complexity index is 2560. The Morgan fingerprint density at radius 1 is 0.836 bits per heavy atom. The van der Waals surface area contributed by atoms with Crippen molar-refractivity contribution in [3.63, 3.8) is 0 Å². The van der Waals surface area contributed by atoms with E-state index in [1.54, 1.807) is 11.8 Å². The summed E-state index contributed by atoms with van der Waals surface area (Å²) < 4.78 is 30.3. The van der Waals surface area contributed by atoms with Gasteiger partial charge in [0.15, 0.2) is 5.82 Å². The highest BCUT2D eigenvalue weighted by molar-refractivity contribution is 7.99. The zero-order valence-electron chi connectivity index (χ0n) is 33.6. The first-order valence-electron chi connectivity index (χ1n) is 20.4. The van der Waals surface area contributed by atoms with Crippen LogP contribution in [0.5, 0.6) is 0 Å². The van der Waals surface area contributed by atoms with Gasteiger partial charge in [0.05, 0.1) is 15.3 Å². The van der Waals surface area contributed by atoms with Crippen LogP contribution in [0.4, 0.5) is 22.9 Å². The van der Waals surface area contributed by atoms with Gasteiger partial charge in [0, 0.05) is 104 Å². The molecule has 3 heterocycles. The fourth-order valence-electron chi connectivity index (χ4n) is 7.86. The Kier molecular flexibility index (Phi) is 13.6. The van der Waals surface area contributed by atoms with E-state index in [1.165, 1.54) is 29.6 Å². The summed E-state index contributed by atoms with van der Waals surface area (Å²) in [6.45, 7) is 8.65. The van der Waals surface area contributed by atoms with Gasteiger partial charge in [0.1, 0.15) is 12.0 Å². The van der Waals surface area contributed by atoms with Gasteiger partial charge in [-0.25, -0.2) is 18.4 Å². The minimum absolute atomic E-state index is 0.0906. The zero-order valence-corrected chi connectivity index (χ0v) is 36.0. The molecular formula is C45H48ClN9O4S2. The number of hydrogen-bond acceptors (Lipinski definition) is 12. The van der Waals surface area contributed by atoms with E-state index in [1.807, 2.05) is 72.8 Å². The van der Waals surface area contributed by atoms with Crippen molar-refractivity contribution in [1.82, 2.24) is 25.1 Å². The number of anilines is 3. The molecule has 3 N–H and O–H groups in total. The lowest BCUT2D eigenvalue weighted by atomic mass is 9.99. The Balaban J connectivity index is 0.939. The average molecular weight is 879 g/mol. The van der Waals surface area contributed by atoms with Crippen LogP contribution >= 0.6 is 23.4 Å². The van der Waals surface area contributed by atoms with Crippen molar-refractivity contribution in [3.8, 4) is 11.1 Å². The summed E-state index contributed by atoms with van der Waals surface area (Å²) in [6.07, 6.45) is 2.08. The number of halogens is 1. The molecule has 2 fully saturated rings. The molecule has 8 rings (SSSR count). The number of aromatic nitrogens is 2. The minimum atomic E-state index is -4.28. The molecule has 0 aliphatic carbocycles. The number of fused-ring (bicyclic) bond motifs is 1. The summed E-state index contributed by atoms with van der Waals surface area (Å²) in [7, 11) is -4.28. The van der Waals surface area contributed by atoms with Gasteiger partial charge in [-0.05, 0) is 77.7 Å². The number of benzene rings is 5. The van der Waals surface area contributed by atoms with Crippen LogP contribution in [0.2, 0.25) is 5.02 Å². The van der Waals surface area contributed by atoms with Gasteiger partial charge in [-0.1, -0.05) is 66.2 Å². The number of sulfonamides is 1. The van der Waals surface area contributed by atoms with E-state index in [9.17, 15) is 18.5 Å². The molecule has 61 heavy (non-hydrogen) atoms. The fourth-order valence-corrected chi connectivity index (χ4v) is 10.1. The number of nitro benzene ring substituents is 1.